The Bertz CT molecular complexity index is 536. The summed E-state index contributed by atoms with van der Waals surface area (Å²) in [5, 5.41) is 9.39. The lowest BCUT2D eigenvalue weighted by Crippen LogP contribution is -2.24. The van der Waals surface area contributed by atoms with Crippen molar-refractivity contribution >= 4 is 34.5 Å². The van der Waals surface area contributed by atoms with E-state index >= 15 is 0 Å². The van der Waals surface area contributed by atoms with Gasteiger partial charge in [0.25, 0.3) is 5.91 Å². The molecule has 2 aliphatic heterocycles. The van der Waals surface area contributed by atoms with Crippen LogP contribution in [0, 0.1) is 5.92 Å². The van der Waals surface area contributed by atoms with Crippen molar-refractivity contribution in [3.8, 4) is 0 Å². The van der Waals surface area contributed by atoms with Gasteiger partial charge in [0.2, 0.25) is 0 Å². The van der Waals surface area contributed by atoms with Crippen LogP contribution < -0.4 is 0 Å². The van der Waals surface area contributed by atoms with Gasteiger partial charge in [-0.2, -0.15) is 4.99 Å². The number of amides is 1. The van der Waals surface area contributed by atoms with Crippen molar-refractivity contribution in [1.29, 1.82) is 0 Å². The van der Waals surface area contributed by atoms with E-state index in [-0.39, 0.29) is 12.5 Å². The summed E-state index contributed by atoms with van der Waals surface area (Å²) in [4.78, 5) is 32.6. The lowest BCUT2D eigenvalue weighted by Gasteiger charge is -2.14. The Labute approximate surface area is 121 Å². The van der Waals surface area contributed by atoms with Crippen molar-refractivity contribution in [2.75, 3.05) is 13.2 Å². The highest BCUT2D eigenvalue weighted by Gasteiger charge is 2.40. The fraction of sp³-hybridized carbons (Fsp3) is 0.538. The molecular formula is C13H16N2O4S. The first kappa shape index (κ1) is 14.9. The molecule has 0 saturated carbocycles. The van der Waals surface area contributed by atoms with Crippen LogP contribution in [0.4, 0.5) is 0 Å². The molecule has 2 aliphatic rings. The molecule has 0 aromatic rings. The minimum Gasteiger partial charge on any atom is -0.462 e. The molecule has 6 nitrogen and oxygen atoms in total. The topological polar surface area (TPSA) is 88.3 Å². The van der Waals surface area contributed by atoms with Crippen molar-refractivity contribution < 1.29 is 19.4 Å². The normalized spacial score (nSPS) is 21.6. The standard InChI is InChI=1S/C13H16N2O4S/c1-3-19-13(18)10-7(2)9-11(17)14-8(5-4-6-16)15-12(9)20-10/h9,16H,3-6H2,1-2H3. The Morgan fingerprint density at radius 3 is 2.85 bits per heavy atom. The summed E-state index contributed by atoms with van der Waals surface area (Å²) < 4.78 is 4.97. The molecule has 2 heterocycles. The monoisotopic (exact) mass is 296 g/mol. The number of aliphatic hydroxyl groups excluding tert-OH is 1. The van der Waals surface area contributed by atoms with E-state index in [1.807, 2.05) is 0 Å². The third-order valence-corrected chi connectivity index (χ3v) is 4.22. The second-order valence-electron chi connectivity index (χ2n) is 4.41. The first-order valence-corrected chi connectivity index (χ1v) is 7.26. The molecule has 0 fully saturated rings. The van der Waals surface area contributed by atoms with Crippen molar-refractivity contribution in [3.63, 3.8) is 0 Å². The van der Waals surface area contributed by atoms with Gasteiger partial charge in [0, 0.05) is 13.0 Å². The molecule has 1 amide bonds. The summed E-state index contributed by atoms with van der Waals surface area (Å²) in [7, 11) is 0. The maximum Gasteiger partial charge on any atom is 0.344 e. The predicted molar refractivity (Wildman–Crippen MR) is 76.6 cm³/mol. The average molecular weight is 296 g/mol. The molecule has 1 atom stereocenters. The number of aliphatic hydroxyl groups is 1. The molecular weight excluding hydrogens is 280 g/mol. The maximum absolute atomic E-state index is 12.1. The van der Waals surface area contributed by atoms with Crippen LogP contribution in [-0.4, -0.2) is 41.1 Å². The number of carbonyl (C=O) groups is 2. The fourth-order valence-electron chi connectivity index (χ4n) is 2.03. The van der Waals surface area contributed by atoms with Crippen molar-refractivity contribution in [2.45, 2.75) is 26.7 Å². The van der Waals surface area contributed by atoms with E-state index in [9.17, 15) is 9.59 Å². The minimum atomic E-state index is -0.544. The van der Waals surface area contributed by atoms with Crippen LogP contribution in [0.25, 0.3) is 0 Å². The van der Waals surface area contributed by atoms with Gasteiger partial charge < -0.3 is 9.84 Å². The first-order chi connectivity index (χ1) is 9.58. The quantitative estimate of drug-likeness (QED) is 0.772. The molecule has 108 valence electrons. The molecule has 1 unspecified atom stereocenters. The number of carbonyl (C=O) groups excluding carboxylic acids is 2. The van der Waals surface area contributed by atoms with Gasteiger partial charge in [0.05, 0.1) is 16.6 Å². The molecule has 0 bridgehead atoms. The lowest BCUT2D eigenvalue weighted by molar-refractivity contribution is -0.137. The van der Waals surface area contributed by atoms with Crippen molar-refractivity contribution in [2.24, 2.45) is 15.9 Å². The number of ether oxygens (including phenoxy) is 1. The van der Waals surface area contributed by atoms with E-state index in [4.69, 9.17) is 9.84 Å². The number of rotatable bonds is 5. The molecule has 7 heteroatoms. The molecule has 0 aromatic carbocycles. The summed E-state index contributed by atoms with van der Waals surface area (Å²) in [5.74, 6) is -0.845. The van der Waals surface area contributed by atoms with Crippen LogP contribution in [0.2, 0.25) is 0 Å². The summed E-state index contributed by atoms with van der Waals surface area (Å²) in [6, 6.07) is 0. The zero-order valence-electron chi connectivity index (χ0n) is 11.4. The highest BCUT2D eigenvalue weighted by molar-refractivity contribution is 8.18. The second kappa shape index (κ2) is 6.32. The van der Waals surface area contributed by atoms with Gasteiger partial charge in [-0.05, 0) is 25.8 Å². The molecule has 1 N–H and O–H groups in total. The Hall–Kier alpha value is -1.47. The Morgan fingerprint density at radius 2 is 2.20 bits per heavy atom. The highest BCUT2D eigenvalue weighted by Crippen LogP contribution is 2.41. The summed E-state index contributed by atoms with van der Waals surface area (Å²) in [6.07, 6.45) is 0.960. The molecule has 0 saturated heterocycles. The van der Waals surface area contributed by atoms with E-state index in [2.05, 4.69) is 9.98 Å². The molecule has 0 spiro atoms. The molecule has 0 aromatic heterocycles. The van der Waals surface area contributed by atoms with E-state index in [0.29, 0.717) is 40.8 Å². The van der Waals surface area contributed by atoms with Gasteiger partial charge in [0.15, 0.2) is 0 Å². The molecule has 2 rings (SSSR count). The lowest BCUT2D eigenvalue weighted by atomic mass is 9.99. The van der Waals surface area contributed by atoms with Crippen LogP contribution in [-0.2, 0) is 14.3 Å². The van der Waals surface area contributed by atoms with E-state index < -0.39 is 11.9 Å². The Morgan fingerprint density at radius 1 is 1.45 bits per heavy atom. The maximum atomic E-state index is 12.1. The predicted octanol–water partition coefficient (Wildman–Crippen LogP) is 1.30. The Kier molecular flexibility index (Phi) is 4.72. The Balaban J connectivity index is 2.20. The summed E-state index contributed by atoms with van der Waals surface area (Å²) in [6.45, 7) is 3.79. The van der Waals surface area contributed by atoms with E-state index in [1.165, 1.54) is 11.8 Å². The summed E-state index contributed by atoms with van der Waals surface area (Å²) in [5.41, 5.74) is 0.655. The van der Waals surface area contributed by atoms with Gasteiger partial charge in [0.1, 0.15) is 11.8 Å². The third kappa shape index (κ3) is 2.83. The van der Waals surface area contributed by atoms with Crippen LogP contribution in [0.1, 0.15) is 26.7 Å². The SMILES string of the molecule is CCOC(=O)C1=C(C)C2C(=O)N=C(CCCO)N=C2S1. The van der Waals surface area contributed by atoms with Gasteiger partial charge in [-0.1, -0.05) is 11.8 Å². The number of thioether (sulfide) groups is 1. The molecule has 20 heavy (non-hydrogen) atoms. The minimum absolute atomic E-state index is 0.0278. The summed E-state index contributed by atoms with van der Waals surface area (Å²) >= 11 is 1.18. The first-order valence-electron chi connectivity index (χ1n) is 6.45. The average Bonchev–Trinajstić information content (AvgIpc) is 2.74. The van der Waals surface area contributed by atoms with Gasteiger partial charge >= 0.3 is 5.97 Å². The number of aliphatic imine (C=N–C) groups is 2. The van der Waals surface area contributed by atoms with Gasteiger partial charge in [-0.15, -0.1) is 0 Å². The molecule has 0 aliphatic carbocycles. The number of hydrogen-bond acceptors (Lipinski definition) is 6. The number of esters is 1. The van der Waals surface area contributed by atoms with Crippen LogP contribution in [0.3, 0.4) is 0 Å². The number of amidine groups is 1. The number of fused-ring (bicyclic) bond motifs is 1. The zero-order chi connectivity index (χ0) is 14.7. The van der Waals surface area contributed by atoms with Crippen LogP contribution in [0.5, 0.6) is 0 Å². The smallest absolute Gasteiger partial charge is 0.344 e. The van der Waals surface area contributed by atoms with Gasteiger partial charge in [-0.25, -0.2) is 9.79 Å². The largest absolute Gasteiger partial charge is 0.462 e. The second-order valence-corrected chi connectivity index (χ2v) is 5.44. The highest BCUT2D eigenvalue weighted by atomic mass is 32.2. The van der Waals surface area contributed by atoms with Crippen LogP contribution in [0.15, 0.2) is 20.5 Å². The van der Waals surface area contributed by atoms with E-state index in [1.54, 1.807) is 13.8 Å². The molecule has 0 radical (unpaired) electrons. The van der Waals surface area contributed by atoms with Crippen molar-refractivity contribution in [1.82, 2.24) is 0 Å². The zero-order valence-corrected chi connectivity index (χ0v) is 12.2. The van der Waals surface area contributed by atoms with Gasteiger partial charge in [-0.3, -0.25) is 4.79 Å². The third-order valence-electron chi connectivity index (χ3n) is 2.99. The number of hydrogen-bond donors (Lipinski definition) is 1. The van der Waals surface area contributed by atoms with Crippen molar-refractivity contribution in [3.05, 3.63) is 10.5 Å². The number of nitrogens with zero attached hydrogens (tertiary/aromatic N) is 2. The van der Waals surface area contributed by atoms with Crippen LogP contribution >= 0.6 is 11.8 Å². The fourth-order valence-corrected chi connectivity index (χ4v) is 3.21. The van der Waals surface area contributed by atoms with E-state index in [0.717, 1.165) is 0 Å².